The van der Waals surface area contributed by atoms with Gasteiger partial charge in [-0.05, 0) is 29.8 Å². The molecule has 0 fully saturated rings. The minimum atomic E-state index is -4.42. The number of rotatable bonds is 10. The molecule has 3 aromatic rings. The minimum Gasteiger partial charge on any atom is -0.504 e. The molecule has 172 valence electrons. The molecule has 0 aromatic heterocycles. The van der Waals surface area contributed by atoms with Crippen molar-refractivity contribution in [3.8, 4) is 0 Å². The van der Waals surface area contributed by atoms with Crippen molar-refractivity contribution in [3.63, 3.8) is 0 Å². The zero-order valence-corrected chi connectivity index (χ0v) is 19.6. The van der Waals surface area contributed by atoms with Crippen LogP contribution < -0.4 is 0 Å². The fourth-order valence-electron chi connectivity index (χ4n) is 3.59. The van der Waals surface area contributed by atoms with Crippen molar-refractivity contribution < 1.29 is 26.4 Å². The maximum atomic E-state index is 13.8. The van der Waals surface area contributed by atoms with Gasteiger partial charge in [0.1, 0.15) is 0 Å². The molecule has 1 unspecified atom stereocenters. The smallest absolute Gasteiger partial charge is 0.196 e. The van der Waals surface area contributed by atoms with E-state index in [1.807, 2.05) is 0 Å². The van der Waals surface area contributed by atoms with E-state index in [2.05, 4.69) is 0 Å². The summed E-state index contributed by atoms with van der Waals surface area (Å²) in [6, 6.07) is 23.2. The summed E-state index contributed by atoms with van der Waals surface area (Å²) in [5.41, 5.74) is 0.431. The number of methoxy groups -OCH3 is 1. The number of allylic oxidation sites excluding steroid dienone is 1. The van der Waals surface area contributed by atoms with E-state index in [4.69, 9.17) is 4.74 Å². The van der Waals surface area contributed by atoms with Crippen LogP contribution in [0, 0.1) is 0 Å². The molecule has 1 atom stereocenters. The zero-order valence-electron chi connectivity index (χ0n) is 17.9. The van der Waals surface area contributed by atoms with Crippen LogP contribution in [0.15, 0.2) is 113 Å². The van der Waals surface area contributed by atoms with Gasteiger partial charge in [0.05, 0.1) is 23.2 Å². The molecule has 0 saturated carbocycles. The van der Waals surface area contributed by atoms with E-state index >= 15 is 0 Å². The average Bonchev–Trinajstić information content (AvgIpc) is 2.83. The number of benzene rings is 3. The monoisotopic (exact) mass is 484 g/mol. The van der Waals surface area contributed by atoms with Crippen LogP contribution in [0.3, 0.4) is 0 Å². The van der Waals surface area contributed by atoms with Gasteiger partial charge in [0.25, 0.3) is 0 Å². The van der Waals surface area contributed by atoms with E-state index in [0.717, 1.165) is 6.08 Å². The Bertz CT molecular complexity index is 1230. The number of hydrogen-bond donors (Lipinski definition) is 0. The summed E-state index contributed by atoms with van der Waals surface area (Å²) in [6.07, 6.45) is 2.00. The Hall–Kier alpha value is -3.23. The van der Waals surface area contributed by atoms with E-state index in [1.165, 1.54) is 61.9 Å². The quantitative estimate of drug-likeness (QED) is 0.317. The molecule has 0 heterocycles. The van der Waals surface area contributed by atoms with Crippen LogP contribution in [0.2, 0.25) is 0 Å². The van der Waals surface area contributed by atoms with Crippen molar-refractivity contribution in [1.29, 1.82) is 0 Å². The Morgan fingerprint density at radius 2 is 1.18 bits per heavy atom. The van der Waals surface area contributed by atoms with Crippen LogP contribution in [-0.2, 0) is 29.2 Å². The lowest BCUT2D eigenvalue weighted by molar-refractivity contribution is -0.115. The van der Waals surface area contributed by atoms with Crippen LogP contribution >= 0.6 is 0 Å². The molecular weight excluding hydrogens is 460 g/mol. The van der Waals surface area contributed by atoms with Crippen molar-refractivity contribution in [3.05, 3.63) is 109 Å². The molecule has 8 heteroatoms. The number of ketones is 1. The van der Waals surface area contributed by atoms with Crippen LogP contribution in [0.1, 0.15) is 17.9 Å². The second-order valence-corrected chi connectivity index (χ2v) is 11.7. The molecule has 0 N–H and O–H groups in total. The molecule has 0 aliphatic heterocycles. The number of sulfone groups is 2. The maximum absolute atomic E-state index is 13.8. The Kier molecular flexibility index (Phi) is 7.84. The van der Waals surface area contributed by atoms with Gasteiger partial charge in [0, 0.05) is 18.4 Å². The lowest BCUT2D eigenvalue weighted by Crippen LogP contribution is -2.37. The summed E-state index contributed by atoms with van der Waals surface area (Å²) < 4.78 is 58.2. The molecular formula is C25H24O6S2. The van der Waals surface area contributed by atoms with Gasteiger partial charge < -0.3 is 4.74 Å². The molecule has 0 radical (unpaired) electrons. The summed E-state index contributed by atoms with van der Waals surface area (Å²) in [7, 11) is -7.46. The lowest BCUT2D eigenvalue weighted by atomic mass is 9.95. The number of carbonyl (C=O) groups is 1. The molecule has 33 heavy (non-hydrogen) atoms. The molecule has 0 bridgehead atoms. The zero-order chi connectivity index (χ0) is 23.9. The second kappa shape index (κ2) is 10.6. The van der Waals surface area contributed by atoms with Crippen LogP contribution in [0.25, 0.3) is 0 Å². The summed E-state index contributed by atoms with van der Waals surface area (Å²) in [4.78, 5) is 12.4. The first-order chi connectivity index (χ1) is 15.8. The lowest BCUT2D eigenvalue weighted by Gasteiger charge is -2.27. The Morgan fingerprint density at radius 1 is 0.758 bits per heavy atom. The predicted molar refractivity (Wildman–Crippen MR) is 126 cm³/mol. The highest BCUT2D eigenvalue weighted by Gasteiger charge is 2.46. The number of ether oxygens (including phenoxy) is 1. The molecule has 0 aliphatic carbocycles. The third-order valence-corrected chi connectivity index (χ3v) is 10.4. The SMILES string of the molecule is CO/C=C\C(=O)CC(c1ccccc1)C(S(=O)(=O)c1ccccc1)S(=O)(=O)c1ccccc1. The van der Waals surface area contributed by atoms with Gasteiger partial charge in [-0.1, -0.05) is 66.7 Å². The molecule has 0 spiro atoms. The standard InChI is InChI=1S/C25H24O6S2/c1-31-18-17-21(26)19-24(20-11-5-2-6-12-20)25(32(27,28)22-13-7-3-8-14-22)33(29,30)23-15-9-4-10-16-23/h2-18,24-25H,19H2,1H3/b18-17-. The van der Waals surface area contributed by atoms with Gasteiger partial charge in [0.15, 0.2) is 30.0 Å². The number of carbonyl (C=O) groups excluding carboxylic acids is 1. The molecule has 3 rings (SSSR count). The fraction of sp³-hybridized carbons (Fsp3) is 0.160. The van der Waals surface area contributed by atoms with E-state index in [1.54, 1.807) is 42.5 Å². The first kappa shape index (κ1) is 24.4. The van der Waals surface area contributed by atoms with Crippen molar-refractivity contribution in [2.45, 2.75) is 26.7 Å². The summed E-state index contributed by atoms with van der Waals surface area (Å²) in [5, 5.41) is 0. The highest BCUT2D eigenvalue weighted by Crippen LogP contribution is 2.38. The fourth-order valence-corrected chi connectivity index (χ4v) is 8.57. The Labute approximate surface area is 194 Å². The summed E-state index contributed by atoms with van der Waals surface area (Å²) in [6.45, 7) is 0. The van der Waals surface area contributed by atoms with Gasteiger partial charge in [-0.3, -0.25) is 4.79 Å². The topological polar surface area (TPSA) is 94.6 Å². The highest BCUT2D eigenvalue weighted by molar-refractivity contribution is 8.09. The van der Waals surface area contributed by atoms with Crippen molar-refractivity contribution in [2.75, 3.05) is 7.11 Å². The predicted octanol–water partition coefficient (Wildman–Crippen LogP) is 4.16. The van der Waals surface area contributed by atoms with Crippen molar-refractivity contribution in [1.82, 2.24) is 0 Å². The van der Waals surface area contributed by atoms with Crippen LogP contribution in [0.4, 0.5) is 0 Å². The maximum Gasteiger partial charge on any atom is 0.196 e. The third-order valence-electron chi connectivity index (χ3n) is 5.12. The van der Waals surface area contributed by atoms with Crippen molar-refractivity contribution >= 4 is 25.5 Å². The van der Waals surface area contributed by atoms with Crippen molar-refractivity contribution in [2.24, 2.45) is 0 Å². The summed E-state index contributed by atoms with van der Waals surface area (Å²) >= 11 is 0. The van der Waals surface area contributed by atoms with Gasteiger partial charge in [-0.2, -0.15) is 0 Å². The van der Waals surface area contributed by atoms with E-state index in [9.17, 15) is 21.6 Å². The van der Waals surface area contributed by atoms with E-state index in [-0.39, 0.29) is 16.2 Å². The molecule has 0 aliphatic rings. The third kappa shape index (κ3) is 5.58. The minimum absolute atomic E-state index is 0.129. The molecule has 3 aromatic carbocycles. The largest absolute Gasteiger partial charge is 0.504 e. The number of hydrogen-bond acceptors (Lipinski definition) is 6. The average molecular weight is 485 g/mol. The van der Waals surface area contributed by atoms with E-state index in [0.29, 0.717) is 5.56 Å². The molecule has 6 nitrogen and oxygen atoms in total. The Morgan fingerprint density at radius 3 is 1.61 bits per heavy atom. The van der Waals surface area contributed by atoms with Crippen LogP contribution in [0.5, 0.6) is 0 Å². The normalized spacial score (nSPS) is 13.2. The van der Waals surface area contributed by atoms with E-state index < -0.39 is 36.0 Å². The second-order valence-electron chi connectivity index (χ2n) is 7.31. The summed E-state index contributed by atoms with van der Waals surface area (Å²) in [5.74, 6) is -1.61. The van der Waals surface area contributed by atoms with Gasteiger partial charge in [-0.25, -0.2) is 16.8 Å². The molecule has 0 amide bonds. The van der Waals surface area contributed by atoms with Gasteiger partial charge in [-0.15, -0.1) is 0 Å². The highest BCUT2D eigenvalue weighted by atomic mass is 32.3. The Balaban J connectivity index is 2.27. The van der Waals surface area contributed by atoms with Gasteiger partial charge >= 0.3 is 0 Å². The molecule has 0 saturated heterocycles. The first-order valence-electron chi connectivity index (χ1n) is 10.1. The first-order valence-corrected chi connectivity index (χ1v) is 13.2. The van der Waals surface area contributed by atoms with Crippen LogP contribution in [-0.4, -0.2) is 34.3 Å². The van der Waals surface area contributed by atoms with Gasteiger partial charge in [0.2, 0.25) is 0 Å².